The maximum absolute atomic E-state index is 6.10. The molecule has 0 bridgehead atoms. The summed E-state index contributed by atoms with van der Waals surface area (Å²) in [5, 5.41) is 3.20. The number of fused-ring (bicyclic) bond motifs is 1. The first-order valence-electron chi connectivity index (χ1n) is 9.12. The van der Waals surface area contributed by atoms with Crippen molar-refractivity contribution in [3.05, 3.63) is 65.2 Å². The average Bonchev–Trinajstić information content (AvgIpc) is 2.67. The SMILES string of the molecule is COCc1ccccc1NC(N)=NCC(C)N1CCc2ccccc2C1.I. The molecule has 2 aromatic carbocycles. The van der Waals surface area contributed by atoms with E-state index in [0.717, 1.165) is 30.8 Å². The molecule has 2 aromatic rings. The van der Waals surface area contributed by atoms with Crippen LogP contribution in [0.15, 0.2) is 53.5 Å². The van der Waals surface area contributed by atoms with Crippen LogP contribution in [0, 0.1) is 0 Å². The second-order valence-corrected chi connectivity index (χ2v) is 6.78. The van der Waals surface area contributed by atoms with Crippen LogP contribution in [0.4, 0.5) is 5.69 Å². The van der Waals surface area contributed by atoms with Gasteiger partial charge in [-0.3, -0.25) is 9.89 Å². The Morgan fingerprint density at radius 1 is 1.19 bits per heavy atom. The summed E-state index contributed by atoms with van der Waals surface area (Å²) < 4.78 is 5.23. The van der Waals surface area contributed by atoms with Crippen LogP contribution in [0.3, 0.4) is 0 Å². The highest BCUT2D eigenvalue weighted by atomic mass is 127. The number of hydrogen-bond donors (Lipinski definition) is 2. The lowest BCUT2D eigenvalue weighted by Crippen LogP contribution is -2.39. The molecule has 0 radical (unpaired) electrons. The number of para-hydroxylation sites is 1. The number of nitrogens with two attached hydrogens (primary N) is 1. The lowest BCUT2D eigenvalue weighted by atomic mass is 9.99. The van der Waals surface area contributed by atoms with Crippen LogP contribution in [-0.2, 0) is 24.3 Å². The van der Waals surface area contributed by atoms with Crippen LogP contribution in [0.25, 0.3) is 0 Å². The van der Waals surface area contributed by atoms with Gasteiger partial charge < -0.3 is 15.8 Å². The molecule has 0 spiro atoms. The maximum atomic E-state index is 6.10. The molecule has 1 unspecified atom stereocenters. The van der Waals surface area contributed by atoms with Crippen LogP contribution in [-0.4, -0.2) is 37.1 Å². The lowest BCUT2D eigenvalue weighted by molar-refractivity contribution is 0.185. The van der Waals surface area contributed by atoms with Gasteiger partial charge in [0.25, 0.3) is 0 Å². The molecule has 5 nitrogen and oxygen atoms in total. The highest BCUT2D eigenvalue weighted by molar-refractivity contribution is 14.0. The van der Waals surface area contributed by atoms with E-state index in [-0.39, 0.29) is 24.0 Å². The van der Waals surface area contributed by atoms with Crippen molar-refractivity contribution in [2.75, 3.05) is 25.5 Å². The molecule has 146 valence electrons. The molecule has 27 heavy (non-hydrogen) atoms. The normalized spacial score (nSPS) is 15.6. The van der Waals surface area contributed by atoms with Crippen LogP contribution in [0.2, 0.25) is 0 Å². The number of benzene rings is 2. The van der Waals surface area contributed by atoms with E-state index in [2.05, 4.69) is 46.4 Å². The summed E-state index contributed by atoms with van der Waals surface area (Å²) in [6.07, 6.45) is 1.10. The van der Waals surface area contributed by atoms with Crippen molar-refractivity contribution in [2.24, 2.45) is 10.7 Å². The summed E-state index contributed by atoms with van der Waals surface area (Å²) in [5.41, 5.74) is 11.0. The van der Waals surface area contributed by atoms with Gasteiger partial charge in [-0.25, -0.2) is 0 Å². The Morgan fingerprint density at radius 2 is 1.89 bits per heavy atom. The monoisotopic (exact) mass is 480 g/mol. The number of nitrogens with zero attached hydrogens (tertiary/aromatic N) is 2. The minimum Gasteiger partial charge on any atom is -0.380 e. The van der Waals surface area contributed by atoms with Gasteiger partial charge in [0, 0.05) is 37.5 Å². The van der Waals surface area contributed by atoms with Gasteiger partial charge in [0.2, 0.25) is 0 Å². The average molecular weight is 480 g/mol. The number of nitrogens with one attached hydrogen (secondary N) is 1. The Balaban J connectivity index is 0.00000261. The van der Waals surface area contributed by atoms with Crippen molar-refractivity contribution in [1.82, 2.24) is 4.90 Å². The topological polar surface area (TPSA) is 62.9 Å². The summed E-state index contributed by atoms with van der Waals surface area (Å²) in [4.78, 5) is 7.02. The molecule has 0 aromatic heterocycles. The number of ether oxygens (including phenoxy) is 1. The number of guanidine groups is 1. The van der Waals surface area contributed by atoms with Crippen molar-refractivity contribution in [3.63, 3.8) is 0 Å². The Kier molecular flexibility index (Phi) is 8.53. The van der Waals surface area contributed by atoms with Crippen LogP contribution in [0.5, 0.6) is 0 Å². The summed E-state index contributed by atoms with van der Waals surface area (Å²) in [6.45, 7) is 5.48. The molecule has 0 amide bonds. The van der Waals surface area contributed by atoms with Crippen molar-refractivity contribution in [1.29, 1.82) is 0 Å². The predicted octanol–water partition coefficient (Wildman–Crippen LogP) is 3.62. The first-order valence-corrected chi connectivity index (χ1v) is 9.12. The van der Waals surface area contributed by atoms with Crippen LogP contribution < -0.4 is 11.1 Å². The minimum absolute atomic E-state index is 0. The van der Waals surface area contributed by atoms with Gasteiger partial charge in [0.15, 0.2) is 5.96 Å². The fraction of sp³-hybridized carbons (Fsp3) is 0.381. The van der Waals surface area contributed by atoms with Crippen LogP contribution >= 0.6 is 24.0 Å². The van der Waals surface area contributed by atoms with E-state index >= 15 is 0 Å². The van der Waals surface area contributed by atoms with E-state index in [9.17, 15) is 0 Å². The molecule has 0 fully saturated rings. The Morgan fingerprint density at radius 3 is 2.67 bits per heavy atom. The van der Waals surface area contributed by atoms with Gasteiger partial charge in [0.05, 0.1) is 13.2 Å². The van der Waals surface area contributed by atoms with Crippen LogP contribution in [0.1, 0.15) is 23.6 Å². The Labute approximate surface area is 179 Å². The molecule has 0 aliphatic carbocycles. The van der Waals surface area contributed by atoms with Crippen molar-refractivity contribution < 1.29 is 4.74 Å². The fourth-order valence-electron chi connectivity index (χ4n) is 3.34. The van der Waals surface area contributed by atoms with Gasteiger partial charge in [-0.05, 0) is 30.5 Å². The van der Waals surface area contributed by atoms with E-state index in [0.29, 0.717) is 25.2 Å². The highest BCUT2D eigenvalue weighted by Crippen LogP contribution is 2.20. The molecule has 0 saturated heterocycles. The number of methoxy groups -OCH3 is 1. The fourth-order valence-corrected chi connectivity index (χ4v) is 3.34. The summed E-state index contributed by atoms with van der Waals surface area (Å²) in [5.74, 6) is 0.442. The standard InChI is InChI=1S/C21H28N4O.HI/c1-16(25-12-11-17-7-3-4-8-18(17)14-25)13-23-21(22)24-20-10-6-5-9-19(20)15-26-2;/h3-10,16H,11-15H2,1-2H3,(H3,22,23,24);1H. The third-order valence-corrected chi connectivity index (χ3v) is 4.89. The number of anilines is 1. The molecular weight excluding hydrogens is 451 g/mol. The second-order valence-electron chi connectivity index (χ2n) is 6.78. The Bertz CT molecular complexity index is 765. The lowest BCUT2D eigenvalue weighted by Gasteiger charge is -2.33. The molecule has 1 aliphatic rings. The van der Waals surface area contributed by atoms with E-state index < -0.39 is 0 Å². The smallest absolute Gasteiger partial charge is 0.193 e. The highest BCUT2D eigenvalue weighted by Gasteiger charge is 2.20. The summed E-state index contributed by atoms with van der Waals surface area (Å²) >= 11 is 0. The largest absolute Gasteiger partial charge is 0.380 e. The van der Waals surface area contributed by atoms with Crippen molar-refractivity contribution >= 4 is 35.6 Å². The predicted molar refractivity (Wildman–Crippen MR) is 123 cm³/mol. The summed E-state index contributed by atoms with van der Waals surface area (Å²) in [6, 6.07) is 17.0. The van der Waals surface area contributed by atoms with Crippen molar-refractivity contribution in [2.45, 2.75) is 32.5 Å². The van der Waals surface area contributed by atoms with E-state index in [1.807, 2.05) is 24.3 Å². The molecule has 1 heterocycles. The van der Waals surface area contributed by atoms with Gasteiger partial charge in [-0.2, -0.15) is 0 Å². The van der Waals surface area contributed by atoms with Gasteiger partial charge in [-0.1, -0.05) is 42.5 Å². The van der Waals surface area contributed by atoms with E-state index in [4.69, 9.17) is 10.5 Å². The van der Waals surface area contributed by atoms with E-state index in [1.54, 1.807) is 7.11 Å². The first-order chi connectivity index (χ1) is 12.7. The van der Waals surface area contributed by atoms with Crippen molar-refractivity contribution in [3.8, 4) is 0 Å². The zero-order valence-electron chi connectivity index (χ0n) is 16.0. The minimum atomic E-state index is 0. The first kappa shape index (κ1) is 21.7. The quantitative estimate of drug-likeness (QED) is 0.377. The molecular formula is C21H29IN4O. The third-order valence-electron chi connectivity index (χ3n) is 4.89. The zero-order chi connectivity index (χ0) is 18.4. The molecule has 1 atom stereocenters. The number of hydrogen-bond acceptors (Lipinski definition) is 3. The Hall–Kier alpha value is -1.64. The second kappa shape index (κ2) is 10.6. The molecule has 6 heteroatoms. The number of aliphatic imine (C=N–C) groups is 1. The molecule has 3 rings (SSSR count). The van der Waals surface area contributed by atoms with Gasteiger partial charge >= 0.3 is 0 Å². The number of rotatable bonds is 6. The summed E-state index contributed by atoms with van der Waals surface area (Å²) in [7, 11) is 1.69. The third kappa shape index (κ3) is 5.92. The molecule has 3 N–H and O–H groups in total. The zero-order valence-corrected chi connectivity index (χ0v) is 18.4. The number of halogens is 1. The van der Waals surface area contributed by atoms with E-state index in [1.165, 1.54) is 11.1 Å². The van der Waals surface area contributed by atoms with Gasteiger partial charge in [0.1, 0.15) is 0 Å². The molecule has 0 saturated carbocycles. The maximum Gasteiger partial charge on any atom is 0.193 e. The molecule has 1 aliphatic heterocycles. The van der Waals surface area contributed by atoms with Gasteiger partial charge in [-0.15, -0.1) is 24.0 Å².